The first-order valence-electron chi connectivity index (χ1n) is 10.5. The van der Waals surface area contributed by atoms with Crippen LogP contribution in [0, 0.1) is 5.92 Å². The Morgan fingerprint density at radius 1 is 1.29 bits per heavy atom. The van der Waals surface area contributed by atoms with Gasteiger partial charge in [0, 0.05) is 25.2 Å². The largest absolute Gasteiger partial charge is 0.444 e. The van der Waals surface area contributed by atoms with Crippen LogP contribution in [0.15, 0.2) is 46.0 Å². The highest BCUT2D eigenvalue weighted by Crippen LogP contribution is 2.18. The maximum Gasteiger partial charge on any atom is 0.226 e. The van der Waals surface area contributed by atoms with Crippen molar-refractivity contribution in [3.8, 4) is 11.5 Å². The minimum absolute atomic E-state index is 0.495. The van der Waals surface area contributed by atoms with Crippen molar-refractivity contribution in [2.75, 3.05) is 32.7 Å². The summed E-state index contributed by atoms with van der Waals surface area (Å²) in [7, 11) is 0. The van der Waals surface area contributed by atoms with E-state index in [1.54, 1.807) is 6.26 Å². The summed E-state index contributed by atoms with van der Waals surface area (Å²) < 4.78 is 5.59. The number of oxazole rings is 1. The first kappa shape index (κ1) is 20.4. The fraction of sp³-hybridized carbons (Fsp3) is 0.545. The van der Waals surface area contributed by atoms with E-state index in [2.05, 4.69) is 39.4 Å². The zero-order valence-electron chi connectivity index (χ0n) is 17.2. The molecule has 6 nitrogen and oxygen atoms in total. The van der Waals surface area contributed by atoms with E-state index in [0.29, 0.717) is 12.4 Å². The number of piperidine rings is 1. The van der Waals surface area contributed by atoms with Crippen LogP contribution in [-0.4, -0.2) is 48.6 Å². The molecule has 0 aliphatic carbocycles. The third-order valence-electron chi connectivity index (χ3n) is 5.00. The Bertz CT molecular complexity index is 728. The SMILES string of the molecule is CCNC(=NCc1coc(-c2ccccc2)n1)NCCCN1CCCC(C)C1. The maximum atomic E-state index is 5.59. The number of aromatic nitrogens is 1. The Kier molecular flexibility index (Phi) is 7.91. The van der Waals surface area contributed by atoms with Crippen LogP contribution in [0.5, 0.6) is 0 Å². The van der Waals surface area contributed by atoms with E-state index in [1.165, 1.54) is 25.9 Å². The lowest BCUT2D eigenvalue weighted by molar-refractivity contribution is 0.182. The Balaban J connectivity index is 1.45. The second kappa shape index (κ2) is 10.9. The van der Waals surface area contributed by atoms with E-state index < -0.39 is 0 Å². The van der Waals surface area contributed by atoms with Gasteiger partial charge in [-0.05, 0) is 57.3 Å². The van der Waals surface area contributed by atoms with Crippen LogP contribution in [0.25, 0.3) is 11.5 Å². The van der Waals surface area contributed by atoms with E-state index in [-0.39, 0.29) is 0 Å². The highest BCUT2D eigenvalue weighted by Gasteiger charge is 2.15. The molecule has 2 aromatic rings. The fourth-order valence-corrected chi connectivity index (χ4v) is 3.59. The predicted octanol–water partition coefficient (Wildman–Crippen LogP) is 3.52. The number of likely N-dealkylation sites (tertiary alicyclic amines) is 1. The minimum atomic E-state index is 0.495. The highest BCUT2D eigenvalue weighted by atomic mass is 16.3. The number of aliphatic imine (C=N–C) groups is 1. The van der Waals surface area contributed by atoms with Crippen molar-refractivity contribution < 1.29 is 4.42 Å². The smallest absolute Gasteiger partial charge is 0.226 e. The maximum absolute atomic E-state index is 5.59. The number of hydrogen-bond acceptors (Lipinski definition) is 4. The second-order valence-electron chi connectivity index (χ2n) is 7.53. The van der Waals surface area contributed by atoms with Gasteiger partial charge in [0.2, 0.25) is 5.89 Å². The lowest BCUT2D eigenvalue weighted by atomic mass is 10.0. The van der Waals surface area contributed by atoms with Gasteiger partial charge in [0.15, 0.2) is 5.96 Å². The molecule has 1 aliphatic rings. The van der Waals surface area contributed by atoms with Gasteiger partial charge in [-0.25, -0.2) is 9.98 Å². The van der Waals surface area contributed by atoms with Gasteiger partial charge < -0.3 is 20.0 Å². The number of benzene rings is 1. The Hall–Kier alpha value is -2.34. The van der Waals surface area contributed by atoms with Crippen LogP contribution in [0.4, 0.5) is 0 Å². The van der Waals surface area contributed by atoms with Crippen LogP contribution in [-0.2, 0) is 6.54 Å². The standard InChI is InChI=1S/C22H33N5O/c1-3-23-22(24-12-8-14-27-13-7-9-18(2)16-27)25-15-20-17-28-21(26-20)19-10-5-4-6-11-19/h4-6,10-11,17-18H,3,7-9,12-16H2,1-2H3,(H2,23,24,25). The first-order chi connectivity index (χ1) is 13.7. The molecule has 1 unspecified atom stereocenters. The summed E-state index contributed by atoms with van der Waals surface area (Å²) in [6.07, 6.45) is 5.52. The molecule has 1 saturated heterocycles. The third kappa shape index (κ3) is 6.37. The molecule has 0 radical (unpaired) electrons. The second-order valence-corrected chi connectivity index (χ2v) is 7.53. The monoisotopic (exact) mass is 383 g/mol. The summed E-state index contributed by atoms with van der Waals surface area (Å²) in [5.74, 6) is 2.31. The molecule has 6 heteroatoms. The average molecular weight is 384 g/mol. The van der Waals surface area contributed by atoms with E-state index in [4.69, 9.17) is 4.42 Å². The summed E-state index contributed by atoms with van der Waals surface area (Å²) in [6.45, 7) is 10.3. The van der Waals surface area contributed by atoms with Crippen LogP contribution in [0.2, 0.25) is 0 Å². The molecule has 28 heavy (non-hydrogen) atoms. The van der Waals surface area contributed by atoms with Crippen LogP contribution >= 0.6 is 0 Å². The number of nitrogens with one attached hydrogen (secondary N) is 2. The number of rotatable bonds is 8. The normalized spacial score (nSPS) is 18.2. The van der Waals surface area contributed by atoms with Gasteiger partial charge in [0.1, 0.15) is 12.0 Å². The minimum Gasteiger partial charge on any atom is -0.444 e. The number of nitrogens with zero attached hydrogens (tertiary/aromatic N) is 3. The summed E-state index contributed by atoms with van der Waals surface area (Å²) in [5.41, 5.74) is 1.81. The molecule has 3 rings (SSSR count). The van der Waals surface area contributed by atoms with E-state index >= 15 is 0 Å². The molecular formula is C22H33N5O. The number of hydrogen-bond donors (Lipinski definition) is 2. The summed E-state index contributed by atoms with van der Waals surface area (Å²) in [4.78, 5) is 11.8. The molecule has 1 fully saturated rings. The molecule has 1 atom stereocenters. The molecule has 1 aliphatic heterocycles. The van der Waals surface area contributed by atoms with Gasteiger partial charge in [-0.2, -0.15) is 0 Å². The van der Waals surface area contributed by atoms with Crippen LogP contribution in [0.1, 0.15) is 38.8 Å². The molecule has 0 saturated carbocycles. The van der Waals surface area contributed by atoms with Crippen molar-refractivity contribution in [1.29, 1.82) is 0 Å². The average Bonchev–Trinajstić information content (AvgIpc) is 3.19. The van der Waals surface area contributed by atoms with Crippen LogP contribution < -0.4 is 10.6 Å². The number of guanidine groups is 1. The highest BCUT2D eigenvalue weighted by molar-refractivity contribution is 5.79. The Morgan fingerprint density at radius 2 is 2.14 bits per heavy atom. The van der Waals surface area contributed by atoms with Crippen molar-refractivity contribution in [3.05, 3.63) is 42.3 Å². The van der Waals surface area contributed by atoms with Gasteiger partial charge in [-0.1, -0.05) is 25.1 Å². The first-order valence-corrected chi connectivity index (χ1v) is 10.5. The Labute approximate surface area is 168 Å². The summed E-state index contributed by atoms with van der Waals surface area (Å²) in [6, 6.07) is 9.93. The lowest BCUT2D eigenvalue weighted by Crippen LogP contribution is -2.40. The van der Waals surface area contributed by atoms with Crippen molar-refractivity contribution in [3.63, 3.8) is 0 Å². The topological polar surface area (TPSA) is 65.7 Å². The predicted molar refractivity (Wildman–Crippen MR) is 114 cm³/mol. The molecule has 0 amide bonds. The summed E-state index contributed by atoms with van der Waals surface area (Å²) in [5, 5.41) is 6.74. The fourth-order valence-electron chi connectivity index (χ4n) is 3.59. The van der Waals surface area contributed by atoms with E-state index in [9.17, 15) is 0 Å². The van der Waals surface area contributed by atoms with E-state index in [1.807, 2.05) is 30.3 Å². The van der Waals surface area contributed by atoms with Gasteiger partial charge in [-0.3, -0.25) is 0 Å². The van der Waals surface area contributed by atoms with Gasteiger partial charge in [0.05, 0.1) is 6.54 Å². The van der Waals surface area contributed by atoms with E-state index in [0.717, 1.165) is 49.2 Å². The third-order valence-corrected chi connectivity index (χ3v) is 5.00. The molecule has 0 bridgehead atoms. The molecule has 1 aromatic heterocycles. The quantitative estimate of drug-likeness (QED) is 0.415. The zero-order valence-corrected chi connectivity index (χ0v) is 17.2. The van der Waals surface area contributed by atoms with Crippen molar-refractivity contribution in [2.24, 2.45) is 10.9 Å². The van der Waals surface area contributed by atoms with Crippen molar-refractivity contribution in [1.82, 2.24) is 20.5 Å². The zero-order chi connectivity index (χ0) is 19.6. The van der Waals surface area contributed by atoms with Gasteiger partial charge in [-0.15, -0.1) is 0 Å². The van der Waals surface area contributed by atoms with Crippen molar-refractivity contribution in [2.45, 2.75) is 39.7 Å². The molecular weight excluding hydrogens is 350 g/mol. The van der Waals surface area contributed by atoms with Gasteiger partial charge >= 0.3 is 0 Å². The van der Waals surface area contributed by atoms with Gasteiger partial charge in [0.25, 0.3) is 0 Å². The van der Waals surface area contributed by atoms with Crippen molar-refractivity contribution >= 4 is 5.96 Å². The molecule has 152 valence electrons. The molecule has 2 N–H and O–H groups in total. The molecule has 0 spiro atoms. The van der Waals surface area contributed by atoms with Crippen LogP contribution in [0.3, 0.4) is 0 Å². The Morgan fingerprint density at radius 3 is 2.93 bits per heavy atom. The molecule has 2 heterocycles. The molecule has 1 aromatic carbocycles. The summed E-state index contributed by atoms with van der Waals surface area (Å²) >= 11 is 0. The lowest BCUT2D eigenvalue weighted by Gasteiger charge is -2.30.